The maximum Gasteiger partial charge on any atom is 0.410 e. The summed E-state index contributed by atoms with van der Waals surface area (Å²) >= 11 is 0. The fourth-order valence-electron chi connectivity index (χ4n) is 4.17. The normalized spacial score (nSPS) is 18.4. The number of benzene rings is 2. The lowest BCUT2D eigenvalue weighted by Crippen LogP contribution is -2.36. The molecule has 264 valence electrons. The number of aliphatic hydroxyl groups is 1. The van der Waals surface area contributed by atoms with E-state index in [0.717, 1.165) is 11.1 Å². The van der Waals surface area contributed by atoms with Gasteiger partial charge in [0, 0.05) is 30.3 Å². The first-order valence-corrected chi connectivity index (χ1v) is 18.8. The lowest BCUT2D eigenvalue weighted by molar-refractivity contribution is 0.0263. The van der Waals surface area contributed by atoms with Gasteiger partial charge in [-0.05, 0) is 92.5 Å². The highest BCUT2D eigenvalue weighted by Crippen LogP contribution is 2.22. The Morgan fingerprint density at radius 3 is 1.51 bits per heavy atom. The van der Waals surface area contributed by atoms with Gasteiger partial charge in [-0.15, -0.1) is 0 Å². The Morgan fingerprint density at radius 2 is 1.13 bits per heavy atom. The van der Waals surface area contributed by atoms with Crippen LogP contribution in [0.3, 0.4) is 0 Å². The van der Waals surface area contributed by atoms with E-state index in [4.69, 9.17) is 24.3 Å². The molecule has 2 saturated heterocycles. The maximum atomic E-state index is 12.2. The van der Waals surface area contributed by atoms with Crippen molar-refractivity contribution in [2.75, 3.05) is 26.2 Å². The predicted molar refractivity (Wildman–Crippen MR) is 178 cm³/mol. The molecule has 2 aromatic rings. The van der Waals surface area contributed by atoms with Gasteiger partial charge in [0.1, 0.15) is 11.2 Å². The molecular weight excluding hydrogens is 672 g/mol. The van der Waals surface area contributed by atoms with Crippen LogP contribution in [0, 0.1) is 13.8 Å². The highest BCUT2D eigenvalue weighted by molar-refractivity contribution is 8.13. The van der Waals surface area contributed by atoms with Gasteiger partial charge in [-0.1, -0.05) is 35.4 Å². The summed E-state index contributed by atoms with van der Waals surface area (Å²) in [5.74, 6) is 0. The molecule has 2 amide bonds. The molecule has 0 aromatic heterocycles. The van der Waals surface area contributed by atoms with Gasteiger partial charge in [0.15, 0.2) is 0 Å². The molecule has 1 N–H and O–H groups in total. The van der Waals surface area contributed by atoms with Crippen molar-refractivity contribution in [1.29, 1.82) is 0 Å². The lowest BCUT2D eigenvalue weighted by Gasteiger charge is -2.24. The SMILES string of the molecule is CC(C)(C)OC(=O)N1CCC(O)C1.Cc1ccc(S(=O)(=O)Cl)cc1.Cc1ccc(S(=O)(=O)OC2CCN(C(=O)OC(C)(C)C)C2)cc1. The number of carbonyl (C=O) groups is 2. The van der Waals surface area contributed by atoms with Crippen molar-refractivity contribution in [1.82, 2.24) is 9.80 Å². The van der Waals surface area contributed by atoms with Crippen molar-refractivity contribution in [3.8, 4) is 0 Å². The summed E-state index contributed by atoms with van der Waals surface area (Å²) in [6, 6.07) is 12.9. The maximum absolute atomic E-state index is 12.2. The van der Waals surface area contributed by atoms with Gasteiger partial charge in [0.25, 0.3) is 19.2 Å². The molecule has 2 unspecified atom stereocenters. The van der Waals surface area contributed by atoms with E-state index in [1.807, 2.05) is 34.6 Å². The van der Waals surface area contributed by atoms with Gasteiger partial charge in [0.05, 0.1) is 28.5 Å². The first kappa shape index (κ1) is 40.3. The minimum absolute atomic E-state index is 0.124. The summed E-state index contributed by atoms with van der Waals surface area (Å²) < 4.78 is 61.6. The number of aryl methyl sites for hydroxylation is 2. The third-order valence-electron chi connectivity index (χ3n) is 6.49. The van der Waals surface area contributed by atoms with Gasteiger partial charge in [-0.2, -0.15) is 8.42 Å². The number of likely N-dealkylation sites (tertiary alicyclic amines) is 2. The zero-order valence-corrected chi connectivity index (χ0v) is 30.6. The van der Waals surface area contributed by atoms with Crippen LogP contribution in [0.15, 0.2) is 58.3 Å². The molecule has 12 nitrogen and oxygen atoms in total. The van der Waals surface area contributed by atoms with Crippen LogP contribution >= 0.6 is 10.7 Å². The summed E-state index contributed by atoms with van der Waals surface area (Å²) in [6.45, 7) is 16.2. The van der Waals surface area contributed by atoms with Crippen LogP contribution in [0.4, 0.5) is 9.59 Å². The van der Waals surface area contributed by atoms with Crippen LogP contribution in [0.5, 0.6) is 0 Å². The van der Waals surface area contributed by atoms with Crippen LogP contribution in [-0.4, -0.2) is 93.5 Å². The van der Waals surface area contributed by atoms with Crippen LogP contribution in [0.25, 0.3) is 0 Å². The summed E-state index contributed by atoms with van der Waals surface area (Å²) in [5, 5.41) is 9.20. The molecule has 0 saturated carbocycles. The zero-order chi connectivity index (χ0) is 35.8. The van der Waals surface area contributed by atoms with Crippen molar-refractivity contribution < 1.29 is 45.2 Å². The van der Waals surface area contributed by atoms with E-state index in [-0.39, 0.29) is 28.5 Å². The Bertz CT molecular complexity index is 1550. The Labute approximate surface area is 283 Å². The molecule has 2 aromatic carbocycles. The fourth-order valence-corrected chi connectivity index (χ4v) is 6.04. The molecule has 2 heterocycles. The van der Waals surface area contributed by atoms with Gasteiger partial charge in [-0.3, -0.25) is 4.18 Å². The number of β-amino-alcohol motifs (C(OH)–C–C–N with tert-alkyl or cyclic N) is 1. The van der Waals surface area contributed by atoms with Crippen molar-refractivity contribution in [2.45, 2.75) is 101 Å². The highest BCUT2D eigenvalue weighted by atomic mass is 35.7. The molecule has 0 aliphatic carbocycles. The van der Waals surface area contributed by atoms with Crippen molar-refractivity contribution in [3.63, 3.8) is 0 Å². The quantitative estimate of drug-likeness (QED) is 0.311. The molecule has 0 bridgehead atoms. The fraction of sp³-hybridized carbons (Fsp3) is 0.562. The second-order valence-corrected chi connectivity index (χ2v) is 17.5. The smallest absolute Gasteiger partial charge is 0.410 e. The predicted octanol–water partition coefficient (Wildman–Crippen LogP) is 5.62. The summed E-state index contributed by atoms with van der Waals surface area (Å²) in [5.41, 5.74) is 0.948. The summed E-state index contributed by atoms with van der Waals surface area (Å²) in [7, 11) is -2.29. The number of hydrogen-bond acceptors (Lipinski definition) is 10. The second-order valence-electron chi connectivity index (χ2n) is 13.3. The van der Waals surface area contributed by atoms with Crippen LogP contribution < -0.4 is 0 Å². The first-order valence-electron chi connectivity index (χ1n) is 15.1. The highest BCUT2D eigenvalue weighted by Gasteiger charge is 2.33. The lowest BCUT2D eigenvalue weighted by atomic mass is 10.2. The van der Waals surface area contributed by atoms with Crippen molar-refractivity contribution in [3.05, 3.63) is 59.7 Å². The third kappa shape index (κ3) is 14.8. The molecule has 0 spiro atoms. The van der Waals surface area contributed by atoms with Crippen LogP contribution in [0.1, 0.15) is 65.5 Å². The molecule has 2 fully saturated rings. The van der Waals surface area contributed by atoms with Crippen molar-refractivity contribution >= 4 is 42.0 Å². The average Bonchev–Trinajstić information content (AvgIpc) is 3.56. The van der Waals surface area contributed by atoms with E-state index in [1.54, 1.807) is 45.0 Å². The molecule has 2 aliphatic heterocycles. The molecule has 2 atom stereocenters. The molecule has 15 heteroatoms. The molecule has 2 aliphatic rings. The van der Waals surface area contributed by atoms with E-state index >= 15 is 0 Å². The number of aliphatic hydroxyl groups excluding tert-OH is 1. The second kappa shape index (κ2) is 16.5. The summed E-state index contributed by atoms with van der Waals surface area (Å²) in [4.78, 5) is 26.7. The van der Waals surface area contributed by atoms with Gasteiger partial charge in [-0.25, -0.2) is 18.0 Å². The van der Waals surface area contributed by atoms with Crippen molar-refractivity contribution in [2.24, 2.45) is 0 Å². The molecule has 0 radical (unpaired) electrons. The first-order chi connectivity index (χ1) is 21.4. The zero-order valence-electron chi connectivity index (χ0n) is 28.2. The van der Waals surface area contributed by atoms with E-state index in [9.17, 15) is 31.5 Å². The minimum Gasteiger partial charge on any atom is -0.444 e. The standard InChI is InChI=1S/C16H23NO5S.C9H17NO3.C7H7ClO2S/c1-12-5-7-14(8-6-12)23(19,20)22-13-9-10-17(11-13)15(18)21-16(2,3)4;1-9(2,3)13-8(12)10-5-4-7(11)6-10;1-6-2-4-7(5-3-6)11(8,9)10/h5-8,13H,9-11H2,1-4H3;7,11H,4-6H2,1-3H3;2-5H,1H3. The average molecular weight is 719 g/mol. The van der Waals surface area contributed by atoms with E-state index < -0.39 is 42.6 Å². The third-order valence-corrected chi connectivity index (χ3v) is 9.23. The van der Waals surface area contributed by atoms with E-state index in [0.29, 0.717) is 32.5 Å². The Hall–Kier alpha value is -2.91. The van der Waals surface area contributed by atoms with Crippen LogP contribution in [0.2, 0.25) is 0 Å². The number of nitrogens with zero attached hydrogens (tertiary/aromatic N) is 2. The molecular formula is C32H47ClN2O10S2. The Kier molecular flexibility index (Phi) is 14.1. The number of amides is 2. The number of rotatable bonds is 4. The number of carbonyl (C=O) groups excluding carboxylic acids is 2. The minimum atomic E-state index is -3.82. The van der Waals surface area contributed by atoms with E-state index in [2.05, 4.69) is 0 Å². The van der Waals surface area contributed by atoms with Gasteiger partial charge < -0.3 is 24.4 Å². The van der Waals surface area contributed by atoms with Gasteiger partial charge in [0.2, 0.25) is 0 Å². The molecule has 47 heavy (non-hydrogen) atoms. The van der Waals surface area contributed by atoms with Crippen LogP contribution in [-0.2, 0) is 32.8 Å². The Morgan fingerprint density at radius 1 is 0.723 bits per heavy atom. The topological polar surface area (TPSA) is 157 Å². The van der Waals surface area contributed by atoms with E-state index in [1.165, 1.54) is 34.1 Å². The number of ether oxygens (including phenoxy) is 2. The monoisotopic (exact) mass is 718 g/mol. The largest absolute Gasteiger partial charge is 0.444 e. The molecule has 4 rings (SSSR count). The Balaban J connectivity index is 0.000000270. The summed E-state index contributed by atoms with van der Waals surface area (Å²) in [6.07, 6.45) is -0.592. The number of hydrogen-bond donors (Lipinski definition) is 1. The van der Waals surface area contributed by atoms with Gasteiger partial charge >= 0.3 is 12.2 Å². The number of halogens is 1.